The molecule has 0 radical (unpaired) electrons. The van der Waals surface area contributed by atoms with Crippen molar-refractivity contribution in [3.05, 3.63) is 11.8 Å². The van der Waals surface area contributed by atoms with Crippen LogP contribution in [-0.4, -0.2) is 46.9 Å². The normalized spacial score (nSPS) is 33.5. The summed E-state index contributed by atoms with van der Waals surface area (Å²) in [4.78, 5) is 10.9. The summed E-state index contributed by atoms with van der Waals surface area (Å²) in [6, 6.07) is 2.96. The first-order valence-electron chi connectivity index (χ1n) is 8.48. The molecular formula is C16H28N6O. The molecule has 1 aromatic heterocycles. The molecule has 0 spiro atoms. The molecule has 128 valence electrons. The summed E-state index contributed by atoms with van der Waals surface area (Å²) in [5.41, 5.74) is 13.4. The van der Waals surface area contributed by atoms with Crippen LogP contribution in [0.2, 0.25) is 0 Å². The molecule has 1 aliphatic heterocycles. The quantitative estimate of drug-likeness (QED) is 0.631. The fraction of sp³-hybridized carbons (Fsp3) is 0.750. The van der Waals surface area contributed by atoms with Gasteiger partial charge in [-0.2, -0.15) is 4.98 Å². The van der Waals surface area contributed by atoms with E-state index >= 15 is 0 Å². The Kier molecular flexibility index (Phi) is 4.70. The smallest absolute Gasteiger partial charge is 0.222 e. The first-order valence-corrected chi connectivity index (χ1v) is 8.48. The minimum absolute atomic E-state index is 0.192. The third-order valence-corrected chi connectivity index (χ3v) is 5.29. The number of nitrogens with one attached hydrogen (secondary N) is 2. The Balaban J connectivity index is 1.63. The Labute approximate surface area is 137 Å². The van der Waals surface area contributed by atoms with Gasteiger partial charge in [-0.15, -0.1) is 0 Å². The molecule has 1 saturated carbocycles. The third kappa shape index (κ3) is 3.57. The molecule has 2 fully saturated rings. The summed E-state index contributed by atoms with van der Waals surface area (Å²) in [5, 5.41) is 9.49. The highest BCUT2D eigenvalue weighted by Gasteiger charge is 2.31. The van der Waals surface area contributed by atoms with Gasteiger partial charge >= 0.3 is 0 Å². The number of aliphatic hydroxyl groups is 1. The van der Waals surface area contributed by atoms with Crippen molar-refractivity contribution in [2.45, 2.75) is 57.2 Å². The molecule has 2 atom stereocenters. The predicted molar refractivity (Wildman–Crippen MR) is 91.0 cm³/mol. The second-order valence-electron chi connectivity index (χ2n) is 7.07. The third-order valence-electron chi connectivity index (χ3n) is 5.29. The highest BCUT2D eigenvalue weighted by Crippen LogP contribution is 2.36. The number of anilines is 2. The van der Waals surface area contributed by atoms with E-state index in [4.69, 9.17) is 5.73 Å². The lowest BCUT2D eigenvalue weighted by Gasteiger charge is -2.31. The number of hydrogen-bond donors (Lipinski definition) is 4. The van der Waals surface area contributed by atoms with Crippen molar-refractivity contribution in [2.24, 2.45) is 5.92 Å². The number of nitrogens with zero attached hydrogens (tertiary/aromatic N) is 3. The number of nitrogen functional groups attached to an aromatic ring is 1. The fourth-order valence-corrected chi connectivity index (χ4v) is 3.57. The molecule has 1 aromatic rings. The summed E-state index contributed by atoms with van der Waals surface area (Å²) < 4.78 is 0. The number of nitrogens with two attached hydrogens (primary N) is 1. The van der Waals surface area contributed by atoms with Crippen LogP contribution in [0.25, 0.3) is 0 Å². The lowest BCUT2D eigenvalue weighted by molar-refractivity contribution is 0.0732. The van der Waals surface area contributed by atoms with Crippen LogP contribution in [0, 0.1) is 5.92 Å². The van der Waals surface area contributed by atoms with Gasteiger partial charge in [0.2, 0.25) is 5.95 Å². The first-order chi connectivity index (χ1) is 10.9. The monoisotopic (exact) mass is 320 g/mol. The van der Waals surface area contributed by atoms with Crippen LogP contribution < -0.4 is 21.5 Å². The Morgan fingerprint density at radius 1 is 1.26 bits per heavy atom. The number of rotatable bonds is 5. The summed E-state index contributed by atoms with van der Waals surface area (Å²) in [6.45, 7) is 5.35. The van der Waals surface area contributed by atoms with Crippen LogP contribution in [0.5, 0.6) is 0 Å². The average Bonchev–Trinajstić information content (AvgIpc) is 2.79. The Morgan fingerprint density at radius 3 is 2.52 bits per heavy atom. The minimum atomic E-state index is -0.192. The zero-order valence-corrected chi connectivity index (χ0v) is 14.2. The first kappa shape index (κ1) is 16.4. The van der Waals surface area contributed by atoms with Crippen LogP contribution in [0.1, 0.15) is 44.7 Å². The van der Waals surface area contributed by atoms with E-state index < -0.39 is 0 Å². The van der Waals surface area contributed by atoms with Crippen molar-refractivity contribution in [3.8, 4) is 0 Å². The molecule has 0 bridgehead atoms. The number of hydrogen-bond acceptors (Lipinski definition) is 7. The average molecular weight is 320 g/mol. The highest BCUT2D eigenvalue weighted by molar-refractivity contribution is 5.44. The lowest BCUT2D eigenvalue weighted by Crippen LogP contribution is -2.30. The second kappa shape index (κ2) is 6.59. The van der Waals surface area contributed by atoms with Crippen molar-refractivity contribution in [2.75, 3.05) is 24.2 Å². The number of aromatic nitrogens is 2. The SMILES string of the molecule is CC1NNC(C)C1CCN(C)c1cc(C2CC(O)C2)nc(N)n1. The number of aliphatic hydroxyl groups excluding tert-OH is 1. The largest absolute Gasteiger partial charge is 0.393 e. The Morgan fingerprint density at radius 2 is 1.91 bits per heavy atom. The second-order valence-corrected chi connectivity index (χ2v) is 7.07. The van der Waals surface area contributed by atoms with Crippen LogP contribution in [-0.2, 0) is 0 Å². The molecule has 5 N–H and O–H groups in total. The molecule has 1 aliphatic carbocycles. The standard InChI is InChI=1S/C16H28N6O/c1-9-13(10(2)21-20-9)4-5-22(3)15-8-14(18-16(17)19-15)11-6-12(23)7-11/h8-13,20-21,23H,4-7H2,1-3H3,(H2,17,18,19). The van der Waals surface area contributed by atoms with Gasteiger partial charge in [0.15, 0.2) is 0 Å². The van der Waals surface area contributed by atoms with Crippen LogP contribution >= 0.6 is 0 Å². The molecular weight excluding hydrogens is 292 g/mol. The van der Waals surface area contributed by atoms with Crippen molar-refractivity contribution in [1.82, 2.24) is 20.8 Å². The Bertz CT molecular complexity index is 537. The molecule has 7 heteroatoms. The Hall–Kier alpha value is -1.44. The molecule has 2 unspecified atom stereocenters. The molecule has 2 heterocycles. The fourth-order valence-electron chi connectivity index (χ4n) is 3.57. The molecule has 23 heavy (non-hydrogen) atoms. The molecule has 0 aromatic carbocycles. The van der Waals surface area contributed by atoms with Gasteiger partial charge in [0, 0.05) is 37.7 Å². The highest BCUT2D eigenvalue weighted by atomic mass is 16.3. The number of hydrazine groups is 1. The van der Waals surface area contributed by atoms with E-state index in [0.29, 0.717) is 29.9 Å². The zero-order valence-electron chi connectivity index (χ0n) is 14.2. The maximum absolute atomic E-state index is 9.49. The van der Waals surface area contributed by atoms with Crippen molar-refractivity contribution < 1.29 is 5.11 Å². The summed E-state index contributed by atoms with van der Waals surface area (Å²) in [7, 11) is 2.05. The summed E-state index contributed by atoms with van der Waals surface area (Å²) in [5.74, 6) is 2.09. The lowest BCUT2D eigenvalue weighted by atomic mass is 9.80. The van der Waals surface area contributed by atoms with E-state index in [0.717, 1.165) is 37.3 Å². The maximum atomic E-state index is 9.49. The van der Waals surface area contributed by atoms with E-state index in [9.17, 15) is 5.11 Å². The zero-order chi connectivity index (χ0) is 16.6. The predicted octanol–water partition coefficient (Wildman–Crippen LogP) is 0.624. The van der Waals surface area contributed by atoms with Crippen molar-refractivity contribution in [1.29, 1.82) is 0 Å². The van der Waals surface area contributed by atoms with Gasteiger partial charge < -0.3 is 15.7 Å². The van der Waals surface area contributed by atoms with Gasteiger partial charge in [0.25, 0.3) is 0 Å². The van der Waals surface area contributed by atoms with Crippen LogP contribution in [0.15, 0.2) is 6.07 Å². The molecule has 3 rings (SSSR count). The van der Waals surface area contributed by atoms with Gasteiger partial charge in [0.05, 0.1) is 11.8 Å². The summed E-state index contributed by atoms with van der Waals surface area (Å²) >= 11 is 0. The molecule has 2 aliphatic rings. The van der Waals surface area contributed by atoms with E-state index in [-0.39, 0.29) is 6.10 Å². The van der Waals surface area contributed by atoms with E-state index in [2.05, 4.69) is 39.6 Å². The molecule has 7 nitrogen and oxygen atoms in total. The van der Waals surface area contributed by atoms with Crippen molar-refractivity contribution >= 4 is 11.8 Å². The summed E-state index contributed by atoms with van der Waals surface area (Å²) in [6.07, 6.45) is 2.44. The maximum Gasteiger partial charge on any atom is 0.222 e. The van der Waals surface area contributed by atoms with Gasteiger partial charge in [0.1, 0.15) is 5.82 Å². The van der Waals surface area contributed by atoms with Gasteiger partial charge in [-0.1, -0.05) is 0 Å². The topological polar surface area (TPSA) is 99.3 Å². The minimum Gasteiger partial charge on any atom is -0.393 e. The van der Waals surface area contributed by atoms with E-state index in [1.54, 1.807) is 0 Å². The molecule has 1 saturated heterocycles. The van der Waals surface area contributed by atoms with Crippen LogP contribution in [0.4, 0.5) is 11.8 Å². The van der Waals surface area contributed by atoms with Crippen molar-refractivity contribution in [3.63, 3.8) is 0 Å². The van der Waals surface area contributed by atoms with Crippen LogP contribution in [0.3, 0.4) is 0 Å². The van der Waals surface area contributed by atoms with E-state index in [1.807, 2.05) is 13.1 Å². The van der Waals surface area contributed by atoms with Gasteiger partial charge in [-0.3, -0.25) is 10.9 Å². The molecule has 0 amide bonds. The van der Waals surface area contributed by atoms with Gasteiger partial charge in [-0.05, 0) is 39.0 Å². The van der Waals surface area contributed by atoms with E-state index in [1.165, 1.54) is 0 Å². The van der Waals surface area contributed by atoms with Gasteiger partial charge in [-0.25, -0.2) is 4.98 Å².